The molecule has 0 amide bonds. The monoisotopic (exact) mass is 277 g/mol. The predicted octanol–water partition coefficient (Wildman–Crippen LogP) is 3.29. The van der Waals surface area contributed by atoms with E-state index in [1.165, 1.54) is 12.1 Å². The number of rotatable bonds is 5. The van der Waals surface area contributed by atoms with E-state index in [1.807, 2.05) is 14.0 Å². The van der Waals surface area contributed by atoms with Crippen molar-refractivity contribution in [2.75, 3.05) is 7.05 Å². The molecule has 0 radical (unpaired) electrons. The summed E-state index contributed by atoms with van der Waals surface area (Å²) in [5, 5.41) is 7.23. The van der Waals surface area contributed by atoms with Crippen LogP contribution in [0.15, 0.2) is 22.7 Å². The third-order valence-corrected chi connectivity index (χ3v) is 3.69. The molecule has 1 N–H and O–H groups in total. The summed E-state index contributed by atoms with van der Waals surface area (Å²) in [5.74, 6) is 1.04. The summed E-state index contributed by atoms with van der Waals surface area (Å²) in [6, 6.07) is 4.81. The van der Waals surface area contributed by atoms with Crippen LogP contribution in [0.3, 0.4) is 0 Å². The number of aromatic nitrogens is 2. The third kappa shape index (κ3) is 2.88. The molecule has 0 saturated carbocycles. The Hall–Kier alpha value is -1.75. The van der Waals surface area contributed by atoms with Gasteiger partial charge in [-0.3, -0.25) is 0 Å². The number of aryl methyl sites for hydroxylation is 1. The van der Waals surface area contributed by atoms with Crippen LogP contribution in [0, 0.1) is 12.7 Å². The van der Waals surface area contributed by atoms with E-state index < -0.39 is 0 Å². The van der Waals surface area contributed by atoms with E-state index in [0.717, 1.165) is 17.5 Å². The second-order valence-electron chi connectivity index (χ2n) is 5.01. The number of nitrogens with one attached hydrogen (secondary N) is 1. The van der Waals surface area contributed by atoms with E-state index in [0.29, 0.717) is 11.7 Å². The molecular formula is C15H20FN3O. The Kier molecular flexibility index (Phi) is 4.49. The summed E-state index contributed by atoms with van der Waals surface area (Å²) in [6.45, 7) is 6.01. The average Bonchev–Trinajstić information content (AvgIpc) is 2.88. The van der Waals surface area contributed by atoms with Crippen LogP contribution in [-0.2, 0) is 0 Å². The third-order valence-electron chi connectivity index (χ3n) is 3.69. The van der Waals surface area contributed by atoms with Gasteiger partial charge in [-0.1, -0.05) is 12.1 Å². The van der Waals surface area contributed by atoms with Gasteiger partial charge in [-0.15, -0.1) is 0 Å². The van der Waals surface area contributed by atoms with Gasteiger partial charge >= 0.3 is 0 Å². The SMILES string of the molecule is CCC(c1nc(-c2ccc(F)cc2C)no1)C(C)NC. The highest BCUT2D eigenvalue weighted by Crippen LogP contribution is 2.26. The Morgan fingerprint density at radius 1 is 1.40 bits per heavy atom. The summed E-state index contributed by atoms with van der Waals surface area (Å²) in [6.07, 6.45) is 0.909. The van der Waals surface area contributed by atoms with Gasteiger partial charge in [0.2, 0.25) is 11.7 Å². The zero-order chi connectivity index (χ0) is 14.7. The molecule has 4 nitrogen and oxygen atoms in total. The lowest BCUT2D eigenvalue weighted by atomic mass is 9.98. The van der Waals surface area contributed by atoms with Gasteiger partial charge in [0.15, 0.2) is 0 Å². The molecule has 2 rings (SSSR count). The smallest absolute Gasteiger partial charge is 0.231 e. The first-order valence-electron chi connectivity index (χ1n) is 6.84. The molecule has 0 bridgehead atoms. The molecule has 2 atom stereocenters. The summed E-state index contributed by atoms with van der Waals surface area (Å²) >= 11 is 0. The fourth-order valence-electron chi connectivity index (χ4n) is 2.32. The zero-order valence-corrected chi connectivity index (χ0v) is 12.3. The molecule has 0 fully saturated rings. The molecule has 0 aliphatic carbocycles. The number of halogens is 1. The molecule has 2 unspecified atom stereocenters. The molecule has 20 heavy (non-hydrogen) atoms. The summed E-state index contributed by atoms with van der Waals surface area (Å²) in [4.78, 5) is 4.47. The van der Waals surface area contributed by atoms with Crippen LogP contribution < -0.4 is 5.32 Å². The van der Waals surface area contributed by atoms with Crippen LogP contribution in [0.25, 0.3) is 11.4 Å². The highest BCUT2D eigenvalue weighted by molar-refractivity contribution is 5.59. The van der Waals surface area contributed by atoms with Gasteiger partial charge in [-0.05, 0) is 51.1 Å². The highest BCUT2D eigenvalue weighted by atomic mass is 19.1. The van der Waals surface area contributed by atoms with E-state index in [-0.39, 0.29) is 17.8 Å². The molecule has 0 aliphatic rings. The Bertz CT molecular complexity index is 582. The van der Waals surface area contributed by atoms with Crippen LogP contribution in [0.2, 0.25) is 0 Å². The van der Waals surface area contributed by atoms with Crippen molar-refractivity contribution in [1.82, 2.24) is 15.5 Å². The van der Waals surface area contributed by atoms with Crippen LogP contribution in [0.5, 0.6) is 0 Å². The first kappa shape index (κ1) is 14.7. The Balaban J connectivity index is 2.32. The summed E-state index contributed by atoms with van der Waals surface area (Å²) in [7, 11) is 1.91. The Labute approximate surface area is 118 Å². The number of hydrogen-bond acceptors (Lipinski definition) is 4. The van der Waals surface area contributed by atoms with Gasteiger partial charge in [0, 0.05) is 11.6 Å². The van der Waals surface area contributed by atoms with Crippen molar-refractivity contribution >= 4 is 0 Å². The fraction of sp³-hybridized carbons (Fsp3) is 0.467. The molecule has 1 heterocycles. The molecule has 5 heteroatoms. The standard InChI is InChI=1S/C15H20FN3O/c1-5-12(10(3)17-4)15-18-14(19-20-15)13-7-6-11(16)8-9(13)2/h6-8,10,12,17H,5H2,1-4H3. The van der Waals surface area contributed by atoms with Crippen LogP contribution >= 0.6 is 0 Å². The maximum atomic E-state index is 13.1. The predicted molar refractivity (Wildman–Crippen MR) is 76.0 cm³/mol. The molecule has 108 valence electrons. The van der Waals surface area contributed by atoms with Crippen molar-refractivity contribution < 1.29 is 8.91 Å². The van der Waals surface area contributed by atoms with E-state index in [2.05, 4.69) is 29.3 Å². The number of nitrogens with zero attached hydrogens (tertiary/aromatic N) is 2. The van der Waals surface area contributed by atoms with Gasteiger partial charge in [0.1, 0.15) is 5.82 Å². The van der Waals surface area contributed by atoms with Crippen molar-refractivity contribution in [2.24, 2.45) is 0 Å². The molecule has 1 aromatic heterocycles. The Morgan fingerprint density at radius 2 is 2.15 bits per heavy atom. The first-order chi connectivity index (χ1) is 9.56. The topological polar surface area (TPSA) is 51.0 Å². The van der Waals surface area contributed by atoms with Gasteiger partial charge in [-0.2, -0.15) is 4.98 Å². The van der Waals surface area contributed by atoms with E-state index in [4.69, 9.17) is 4.52 Å². The fourth-order valence-corrected chi connectivity index (χ4v) is 2.32. The van der Waals surface area contributed by atoms with Crippen molar-refractivity contribution in [1.29, 1.82) is 0 Å². The van der Waals surface area contributed by atoms with E-state index in [1.54, 1.807) is 6.07 Å². The van der Waals surface area contributed by atoms with Crippen molar-refractivity contribution in [2.45, 2.75) is 39.2 Å². The maximum absolute atomic E-state index is 13.1. The van der Waals surface area contributed by atoms with Crippen LogP contribution in [-0.4, -0.2) is 23.2 Å². The minimum absolute atomic E-state index is 0.169. The van der Waals surface area contributed by atoms with Crippen molar-refractivity contribution in [3.05, 3.63) is 35.5 Å². The lowest BCUT2D eigenvalue weighted by Crippen LogP contribution is -2.28. The maximum Gasteiger partial charge on any atom is 0.231 e. The normalized spacial score (nSPS) is 14.2. The second-order valence-corrected chi connectivity index (χ2v) is 5.01. The van der Waals surface area contributed by atoms with Gasteiger partial charge in [0.05, 0.1) is 5.92 Å². The van der Waals surface area contributed by atoms with Gasteiger partial charge in [-0.25, -0.2) is 4.39 Å². The lowest BCUT2D eigenvalue weighted by molar-refractivity contribution is 0.322. The quantitative estimate of drug-likeness (QED) is 0.911. The lowest BCUT2D eigenvalue weighted by Gasteiger charge is -2.17. The van der Waals surface area contributed by atoms with Crippen molar-refractivity contribution in [3.63, 3.8) is 0 Å². The first-order valence-corrected chi connectivity index (χ1v) is 6.84. The number of benzene rings is 1. The molecule has 0 aliphatic heterocycles. The molecule has 0 saturated heterocycles. The van der Waals surface area contributed by atoms with E-state index in [9.17, 15) is 4.39 Å². The Morgan fingerprint density at radius 3 is 2.75 bits per heavy atom. The van der Waals surface area contributed by atoms with Crippen LogP contribution in [0.1, 0.15) is 37.6 Å². The summed E-state index contributed by atoms with van der Waals surface area (Å²) < 4.78 is 18.5. The number of likely N-dealkylation sites (N-methyl/N-ethyl adjacent to an activating group) is 1. The molecule has 2 aromatic rings. The second kappa shape index (κ2) is 6.13. The highest BCUT2D eigenvalue weighted by Gasteiger charge is 2.23. The average molecular weight is 277 g/mol. The minimum Gasteiger partial charge on any atom is -0.339 e. The number of hydrogen-bond donors (Lipinski definition) is 1. The van der Waals surface area contributed by atoms with Gasteiger partial charge in [0.25, 0.3) is 0 Å². The van der Waals surface area contributed by atoms with Crippen molar-refractivity contribution in [3.8, 4) is 11.4 Å². The molecule has 1 aromatic carbocycles. The minimum atomic E-state index is -0.259. The summed E-state index contributed by atoms with van der Waals surface area (Å²) in [5.41, 5.74) is 1.60. The molecular weight excluding hydrogens is 257 g/mol. The van der Waals surface area contributed by atoms with Gasteiger partial charge < -0.3 is 9.84 Å². The van der Waals surface area contributed by atoms with E-state index >= 15 is 0 Å². The van der Waals surface area contributed by atoms with Crippen LogP contribution in [0.4, 0.5) is 4.39 Å². The molecule has 0 spiro atoms. The largest absolute Gasteiger partial charge is 0.339 e. The zero-order valence-electron chi connectivity index (χ0n) is 12.3.